The molecular formula is C27H40N6O3S. The summed E-state index contributed by atoms with van der Waals surface area (Å²) in [5, 5.41) is 11.3. The van der Waals surface area contributed by atoms with Crippen LogP contribution in [0.4, 0.5) is 5.69 Å². The average Bonchev–Trinajstić information content (AvgIpc) is 3.23. The molecule has 1 aliphatic carbocycles. The van der Waals surface area contributed by atoms with Gasteiger partial charge in [-0.25, -0.2) is 0 Å². The van der Waals surface area contributed by atoms with Crippen molar-refractivity contribution in [2.24, 2.45) is 22.9 Å². The number of fused-ring (bicyclic) bond motifs is 3. The van der Waals surface area contributed by atoms with Crippen LogP contribution in [0.1, 0.15) is 58.1 Å². The van der Waals surface area contributed by atoms with Gasteiger partial charge < -0.3 is 20.4 Å². The molecule has 4 atom stereocenters. The third kappa shape index (κ3) is 6.22. The van der Waals surface area contributed by atoms with E-state index in [1.165, 1.54) is 11.8 Å². The van der Waals surface area contributed by atoms with Crippen LogP contribution in [0, 0.1) is 31.6 Å². The third-order valence-corrected chi connectivity index (χ3v) is 8.00. The number of nitrogens with one attached hydrogen (secondary N) is 3. The monoisotopic (exact) mass is 528 g/mol. The van der Waals surface area contributed by atoms with Gasteiger partial charge in [-0.05, 0) is 76.1 Å². The molecule has 0 aromatic heterocycles. The highest BCUT2D eigenvalue weighted by atomic mass is 32.2. The second kappa shape index (κ2) is 11.3. The molecule has 0 radical (unpaired) electrons. The van der Waals surface area contributed by atoms with Crippen molar-refractivity contribution >= 4 is 40.3 Å². The molecular weight excluding hydrogens is 488 g/mol. The Bertz CT molecular complexity index is 1050. The summed E-state index contributed by atoms with van der Waals surface area (Å²) in [6.07, 6.45) is 1.57. The molecule has 2 heterocycles. The minimum absolute atomic E-state index is 0.0492. The molecule has 2 aliphatic heterocycles. The number of hydrogen-bond acceptors (Lipinski definition) is 7. The SMILES string of the molecule is Cc1cc(C)cc(NC(=O)CSC2=NNC3N(CC(C)C)C(=O)C4CCC(C(=O)NC(C)C)CC4N23)c1. The molecule has 0 bridgehead atoms. The molecule has 0 spiro atoms. The number of aryl methyl sites for hydroxylation is 2. The summed E-state index contributed by atoms with van der Waals surface area (Å²) in [6, 6.07) is 5.91. The van der Waals surface area contributed by atoms with Gasteiger partial charge in [0.2, 0.25) is 17.7 Å². The van der Waals surface area contributed by atoms with E-state index in [4.69, 9.17) is 0 Å². The van der Waals surface area contributed by atoms with Crippen LogP contribution in [-0.4, -0.2) is 63.4 Å². The maximum atomic E-state index is 13.6. The minimum atomic E-state index is -0.395. The van der Waals surface area contributed by atoms with Crippen molar-refractivity contribution < 1.29 is 14.4 Å². The Labute approximate surface area is 224 Å². The normalized spacial score (nSPS) is 25.0. The Morgan fingerprint density at radius 2 is 1.84 bits per heavy atom. The first-order valence-corrected chi connectivity index (χ1v) is 14.3. The van der Waals surface area contributed by atoms with Gasteiger partial charge in [-0.3, -0.25) is 19.8 Å². The molecule has 4 unspecified atom stereocenters. The molecule has 4 rings (SSSR count). The molecule has 3 aliphatic rings. The standard InChI is InChI=1S/C27H40N6O3S/c1-15(2)13-32-25(36)21-8-7-19(24(35)28-16(3)4)12-22(21)33-26(32)30-31-27(33)37-14-23(34)29-20-10-17(5)9-18(6)11-20/h9-11,15-16,19,21-22,26,30H,7-8,12-14H2,1-6H3,(H,28,35)(H,29,34). The maximum Gasteiger partial charge on any atom is 0.234 e. The number of amidine groups is 1. The minimum Gasteiger partial charge on any atom is -0.354 e. The van der Waals surface area contributed by atoms with Crippen molar-refractivity contribution in [1.82, 2.24) is 20.5 Å². The molecule has 1 saturated carbocycles. The second-order valence-electron chi connectivity index (χ2n) is 11.2. The highest BCUT2D eigenvalue weighted by Gasteiger charge is 2.53. The molecule has 37 heavy (non-hydrogen) atoms. The molecule has 1 aromatic carbocycles. The number of hydrazone groups is 1. The third-order valence-electron chi connectivity index (χ3n) is 7.03. The van der Waals surface area contributed by atoms with E-state index in [9.17, 15) is 14.4 Å². The molecule has 1 aromatic rings. The first-order valence-electron chi connectivity index (χ1n) is 13.3. The van der Waals surface area contributed by atoms with Crippen LogP contribution >= 0.6 is 11.8 Å². The molecule has 2 fully saturated rings. The van der Waals surface area contributed by atoms with Crippen LogP contribution in [0.3, 0.4) is 0 Å². The van der Waals surface area contributed by atoms with Gasteiger partial charge in [0.25, 0.3) is 0 Å². The zero-order valence-electron chi connectivity index (χ0n) is 22.7. The Hall–Kier alpha value is -2.75. The molecule has 9 nitrogen and oxygen atoms in total. The summed E-state index contributed by atoms with van der Waals surface area (Å²) < 4.78 is 0. The average molecular weight is 529 g/mol. The van der Waals surface area contributed by atoms with Gasteiger partial charge >= 0.3 is 0 Å². The van der Waals surface area contributed by atoms with E-state index in [1.54, 1.807) is 0 Å². The van der Waals surface area contributed by atoms with Gasteiger partial charge in [0, 0.05) is 30.2 Å². The van der Waals surface area contributed by atoms with Gasteiger partial charge in [0.1, 0.15) is 0 Å². The lowest BCUT2D eigenvalue weighted by molar-refractivity contribution is -0.158. The highest BCUT2D eigenvalue weighted by molar-refractivity contribution is 8.14. The van der Waals surface area contributed by atoms with Gasteiger partial charge in [0.15, 0.2) is 11.5 Å². The molecule has 3 N–H and O–H groups in total. The van der Waals surface area contributed by atoms with Crippen molar-refractivity contribution in [2.75, 3.05) is 17.6 Å². The van der Waals surface area contributed by atoms with Crippen LogP contribution in [0.2, 0.25) is 0 Å². The lowest BCUT2D eigenvalue weighted by Crippen LogP contribution is -2.68. The summed E-state index contributed by atoms with van der Waals surface area (Å²) in [6.45, 7) is 12.7. The Balaban J connectivity index is 1.49. The van der Waals surface area contributed by atoms with Crippen molar-refractivity contribution in [3.63, 3.8) is 0 Å². The van der Waals surface area contributed by atoms with Crippen molar-refractivity contribution in [2.45, 2.75) is 79.2 Å². The topological polar surface area (TPSA) is 106 Å². The predicted molar refractivity (Wildman–Crippen MR) is 148 cm³/mol. The summed E-state index contributed by atoms with van der Waals surface area (Å²) in [5.41, 5.74) is 6.13. The fourth-order valence-corrected chi connectivity index (χ4v) is 6.49. The van der Waals surface area contributed by atoms with E-state index < -0.39 is 6.29 Å². The number of thioether (sulfide) groups is 1. The molecule has 202 valence electrons. The summed E-state index contributed by atoms with van der Waals surface area (Å²) >= 11 is 1.37. The van der Waals surface area contributed by atoms with Crippen LogP contribution < -0.4 is 16.1 Å². The fraction of sp³-hybridized carbons (Fsp3) is 0.630. The summed E-state index contributed by atoms with van der Waals surface area (Å²) in [7, 11) is 0. The van der Waals surface area contributed by atoms with Crippen molar-refractivity contribution in [1.29, 1.82) is 0 Å². The lowest BCUT2D eigenvalue weighted by Gasteiger charge is -2.51. The number of amides is 3. The van der Waals surface area contributed by atoms with Gasteiger partial charge in [-0.1, -0.05) is 31.7 Å². The fourth-order valence-electron chi connectivity index (χ4n) is 5.66. The number of hydrogen-bond donors (Lipinski definition) is 3. The van der Waals surface area contributed by atoms with Crippen LogP contribution in [0.25, 0.3) is 0 Å². The Morgan fingerprint density at radius 3 is 2.49 bits per heavy atom. The maximum absolute atomic E-state index is 13.6. The molecule has 1 saturated heterocycles. The number of carbonyl (C=O) groups is 3. The van der Waals surface area contributed by atoms with Crippen LogP contribution in [-0.2, 0) is 14.4 Å². The van der Waals surface area contributed by atoms with Crippen molar-refractivity contribution in [3.8, 4) is 0 Å². The first kappa shape index (κ1) is 27.3. The molecule has 3 amide bonds. The van der Waals surface area contributed by atoms with Crippen molar-refractivity contribution in [3.05, 3.63) is 29.3 Å². The van der Waals surface area contributed by atoms with Crippen LogP contribution in [0.15, 0.2) is 23.3 Å². The number of carbonyl (C=O) groups excluding carboxylic acids is 3. The van der Waals surface area contributed by atoms with E-state index >= 15 is 0 Å². The number of nitrogens with zero attached hydrogens (tertiary/aromatic N) is 3. The number of anilines is 1. The highest BCUT2D eigenvalue weighted by Crippen LogP contribution is 2.41. The second-order valence-corrected chi connectivity index (χ2v) is 12.2. The van der Waals surface area contributed by atoms with E-state index in [0.717, 1.165) is 16.8 Å². The van der Waals surface area contributed by atoms with Gasteiger partial charge in [-0.15, -0.1) is 0 Å². The quantitative estimate of drug-likeness (QED) is 0.502. The van der Waals surface area contributed by atoms with Gasteiger partial charge in [-0.2, -0.15) is 5.10 Å². The lowest BCUT2D eigenvalue weighted by atomic mass is 9.75. The largest absolute Gasteiger partial charge is 0.354 e. The Kier molecular flexibility index (Phi) is 8.36. The van der Waals surface area contributed by atoms with E-state index in [1.807, 2.05) is 44.7 Å². The van der Waals surface area contributed by atoms with Crippen LogP contribution in [0.5, 0.6) is 0 Å². The zero-order chi connectivity index (χ0) is 26.9. The van der Waals surface area contributed by atoms with Gasteiger partial charge in [0.05, 0.1) is 11.7 Å². The smallest absolute Gasteiger partial charge is 0.234 e. The van der Waals surface area contributed by atoms with E-state index in [0.29, 0.717) is 36.9 Å². The number of rotatable bonds is 7. The number of benzene rings is 1. The predicted octanol–water partition coefficient (Wildman–Crippen LogP) is 3.24. The molecule has 10 heteroatoms. The van der Waals surface area contributed by atoms with E-state index in [2.05, 4.69) is 46.0 Å². The zero-order valence-corrected chi connectivity index (χ0v) is 23.5. The van der Waals surface area contributed by atoms with E-state index in [-0.39, 0.29) is 47.4 Å². The summed E-state index contributed by atoms with van der Waals surface area (Å²) in [5.74, 6) is 0.239. The summed E-state index contributed by atoms with van der Waals surface area (Å²) in [4.78, 5) is 43.2. The Morgan fingerprint density at radius 1 is 1.14 bits per heavy atom. The first-order chi connectivity index (χ1) is 17.5.